The Morgan fingerprint density at radius 1 is 0.955 bits per heavy atom. The number of para-hydroxylation sites is 1. The number of Topliss-reactive ketones (excluding diaryl/α,β-unsaturated/α-hetero) is 1. The van der Waals surface area contributed by atoms with Crippen LogP contribution < -0.4 is 0 Å². The van der Waals surface area contributed by atoms with Crippen LogP contribution in [0.3, 0.4) is 0 Å². The molecule has 1 unspecified atom stereocenters. The summed E-state index contributed by atoms with van der Waals surface area (Å²) in [6.45, 7) is 14.8. The van der Waals surface area contributed by atoms with Crippen molar-refractivity contribution in [1.29, 1.82) is 0 Å². The first-order valence-electron chi connectivity index (χ1n) is 8.56. The first-order chi connectivity index (χ1) is 10.3. The summed E-state index contributed by atoms with van der Waals surface area (Å²) in [5.74, 6) is 1.03. The highest BCUT2D eigenvalue weighted by molar-refractivity contribution is 6.05. The zero-order chi connectivity index (χ0) is 16.9. The molecule has 0 N–H and O–H groups in total. The highest BCUT2D eigenvalue weighted by Gasteiger charge is 2.19. The second-order valence-corrected chi connectivity index (χ2v) is 6.59. The summed E-state index contributed by atoms with van der Waals surface area (Å²) < 4.78 is 0. The average molecular weight is 301 g/mol. The van der Waals surface area contributed by atoms with Gasteiger partial charge in [-0.05, 0) is 29.4 Å². The maximum absolute atomic E-state index is 12.1. The molecule has 122 valence electrons. The minimum absolute atomic E-state index is 0.0877. The Hall–Kier alpha value is -1.44. The molecule has 1 rings (SSSR count). The van der Waals surface area contributed by atoms with Crippen molar-refractivity contribution in [2.45, 2.75) is 73.1 Å². The number of ketones is 1. The van der Waals surface area contributed by atoms with Gasteiger partial charge in [0.1, 0.15) is 5.78 Å². The van der Waals surface area contributed by atoms with E-state index < -0.39 is 0 Å². The van der Waals surface area contributed by atoms with Gasteiger partial charge >= 0.3 is 0 Å². The molecule has 0 spiro atoms. The zero-order valence-electron chi connectivity index (χ0n) is 15.2. The SMILES string of the molecule is CCC(=O)C(C)/C(CC)=N\c1c(C(C)C)cccc1C(C)C. The van der Waals surface area contributed by atoms with Crippen LogP contribution in [0, 0.1) is 5.92 Å². The first kappa shape index (κ1) is 18.6. The van der Waals surface area contributed by atoms with Crippen molar-refractivity contribution in [3.8, 4) is 0 Å². The van der Waals surface area contributed by atoms with E-state index in [1.807, 2.05) is 13.8 Å². The van der Waals surface area contributed by atoms with Crippen LogP contribution in [0.1, 0.15) is 84.3 Å². The number of carbonyl (C=O) groups excluding carboxylic acids is 1. The van der Waals surface area contributed by atoms with Gasteiger partial charge in [-0.1, -0.05) is 66.7 Å². The van der Waals surface area contributed by atoms with Crippen molar-refractivity contribution in [2.24, 2.45) is 10.9 Å². The van der Waals surface area contributed by atoms with Crippen LogP contribution in [0.5, 0.6) is 0 Å². The topological polar surface area (TPSA) is 29.4 Å². The van der Waals surface area contributed by atoms with Gasteiger partial charge in [-0.15, -0.1) is 0 Å². The highest BCUT2D eigenvalue weighted by atomic mass is 16.1. The van der Waals surface area contributed by atoms with E-state index in [1.165, 1.54) is 11.1 Å². The van der Waals surface area contributed by atoms with Gasteiger partial charge in [0.15, 0.2) is 0 Å². The molecule has 1 aromatic rings. The van der Waals surface area contributed by atoms with Crippen molar-refractivity contribution in [1.82, 2.24) is 0 Å². The summed E-state index contributed by atoms with van der Waals surface area (Å²) in [6, 6.07) is 6.44. The molecule has 22 heavy (non-hydrogen) atoms. The Morgan fingerprint density at radius 3 is 1.82 bits per heavy atom. The molecule has 0 radical (unpaired) electrons. The zero-order valence-corrected chi connectivity index (χ0v) is 15.2. The second kappa shape index (κ2) is 8.26. The van der Waals surface area contributed by atoms with Crippen molar-refractivity contribution < 1.29 is 4.79 Å². The molecule has 0 aliphatic rings. The average Bonchev–Trinajstić information content (AvgIpc) is 2.50. The van der Waals surface area contributed by atoms with Crippen LogP contribution in [-0.2, 0) is 4.79 Å². The van der Waals surface area contributed by atoms with E-state index in [0.29, 0.717) is 18.3 Å². The Balaban J connectivity index is 3.45. The smallest absolute Gasteiger partial charge is 0.141 e. The minimum Gasteiger partial charge on any atom is -0.299 e. The molecule has 0 aliphatic carbocycles. The van der Waals surface area contributed by atoms with Crippen LogP contribution >= 0.6 is 0 Å². The Kier molecular flexibility index (Phi) is 6.99. The summed E-state index contributed by atoms with van der Waals surface area (Å²) in [5.41, 5.74) is 4.63. The van der Waals surface area contributed by atoms with Gasteiger partial charge in [-0.2, -0.15) is 0 Å². The molecule has 1 atom stereocenters. The summed E-state index contributed by atoms with van der Waals surface area (Å²) in [6.07, 6.45) is 1.39. The van der Waals surface area contributed by atoms with Crippen LogP contribution in [0.2, 0.25) is 0 Å². The number of aliphatic imine (C=N–C) groups is 1. The van der Waals surface area contributed by atoms with Gasteiger partial charge in [-0.3, -0.25) is 9.79 Å². The molecule has 0 fully saturated rings. The summed E-state index contributed by atoms with van der Waals surface area (Å²) in [4.78, 5) is 17.0. The standard InChI is InChI=1S/C20H31NO/c1-8-18(15(7)19(22)9-2)21-20-16(13(3)4)11-10-12-17(20)14(5)6/h10-15H,8-9H2,1-7H3/b21-18-. The number of carbonyl (C=O) groups is 1. The van der Waals surface area contributed by atoms with E-state index in [1.54, 1.807) is 0 Å². The molecule has 0 heterocycles. The summed E-state index contributed by atoms with van der Waals surface area (Å²) in [5, 5.41) is 0. The normalized spacial score (nSPS) is 13.8. The predicted molar refractivity (Wildman–Crippen MR) is 96.5 cm³/mol. The third-order valence-corrected chi connectivity index (χ3v) is 4.29. The number of hydrogen-bond donors (Lipinski definition) is 0. The lowest BCUT2D eigenvalue weighted by molar-refractivity contribution is -0.120. The van der Waals surface area contributed by atoms with E-state index in [4.69, 9.17) is 4.99 Å². The van der Waals surface area contributed by atoms with Crippen molar-refractivity contribution in [3.05, 3.63) is 29.3 Å². The van der Waals surface area contributed by atoms with Gasteiger partial charge in [0, 0.05) is 12.1 Å². The Bertz CT molecular complexity index is 514. The minimum atomic E-state index is -0.0877. The van der Waals surface area contributed by atoms with Gasteiger partial charge in [0.05, 0.1) is 11.6 Å². The Labute approximate surface area is 136 Å². The molecule has 2 heteroatoms. The number of hydrogen-bond acceptors (Lipinski definition) is 2. The molecular formula is C20H31NO. The van der Waals surface area contributed by atoms with Gasteiger partial charge in [0.25, 0.3) is 0 Å². The van der Waals surface area contributed by atoms with Crippen molar-refractivity contribution in [2.75, 3.05) is 0 Å². The van der Waals surface area contributed by atoms with Gasteiger partial charge in [0.2, 0.25) is 0 Å². The predicted octanol–water partition coefficient (Wildman–Crippen LogP) is 6.03. The lowest BCUT2D eigenvalue weighted by Crippen LogP contribution is -2.20. The van der Waals surface area contributed by atoms with Crippen molar-refractivity contribution >= 4 is 17.2 Å². The lowest BCUT2D eigenvalue weighted by Gasteiger charge is -2.19. The monoisotopic (exact) mass is 301 g/mol. The molecule has 0 aromatic heterocycles. The quantitative estimate of drug-likeness (QED) is 0.565. The second-order valence-electron chi connectivity index (χ2n) is 6.59. The molecule has 0 amide bonds. The van der Waals surface area contributed by atoms with E-state index >= 15 is 0 Å². The number of rotatable bonds is 7. The fraction of sp³-hybridized carbons (Fsp3) is 0.600. The van der Waals surface area contributed by atoms with Gasteiger partial charge in [-0.25, -0.2) is 0 Å². The fourth-order valence-electron chi connectivity index (χ4n) is 2.76. The van der Waals surface area contributed by atoms with Crippen LogP contribution in [0.15, 0.2) is 23.2 Å². The first-order valence-corrected chi connectivity index (χ1v) is 8.56. The van der Waals surface area contributed by atoms with Crippen LogP contribution in [0.4, 0.5) is 5.69 Å². The number of nitrogens with zero attached hydrogens (tertiary/aromatic N) is 1. The fourth-order valence-corrected chi connectivity index (χ4v) is 2.76. The molecule has 0 saturated heterocycles. The van der Waals surface area contributed by atoms with E-state index in [-0.39, 0.29) is 11.7 Å². The third kappa shape index (κ3) is 4.28. The summed E-state index contributed by atoms with van der Waals surface area (Å²) in [7, 11) is 0. The van der Waals surface area contributed by atoms with E-state index in [2.05, 4.69) is 52.8 Å². The lowest BCUT2D eigenvalue weighted by atomic mass is 9.91. The molecule has 0 saturated carbocycles. The Morgan fingerprint density at radius 2 is 1.45 bits per heavy atom. The summed E-state index contributed by atoms with van der Waals surface area (Å²) >= 11 is 0. The van der Waals surface area contributed by atoms with Crippen LogP contribution in [0.25, 0.3) is 0 Å². The maximum Gasteiger partial charge on any atom is 0.141 e. The van der Waals surface area contributed by atoms with Crippen molar-refractivity contribution in [3.63, 3.8) is 0 Å². The molecule has 0 bridgehead atoms. The van der Waals surface area contributed by atoms with Crippen LogP contribution in [-0.4, -0.2) is 11.5 Å². The number of benzene rings is 1. The molecule has 1 aromatic carbocycles. The van der Waals surface area contributed by atoms with Gasteiger partial charge < -0.3 is 0 Å². The van der Waals surface area contributed by atoms with E-state index in [9.17, 15) is 4.79 Å². The highest BCUT2D eigenvalue weighted by Crippen LogP contribution is 2.35. The molecule has 2 nitrogen and oxygen atoms in total. The third-order valence-electron chi connectivity index (χ3n) is 4.29. The molecule has 0 aliphatic heterocycles. The maximum atomic E-state index is 12.1. The molecular weight excluding hydrogens is 270 g/mol. The largest absolute Gasteiger partial charge is 0.299 e. The van der Waals surface area contributed by atoms with E-state index in [0.717, 1.165) is 17.8 Å².